The van der Waals surface area contributed by atoms with E-state index in [2.05, 4.69) is 25.4 Å². The number of hydrogen-bond donors (Lipinski definition) is 2. The zero-order valence-electron chi connectivity index (χ0n) is 16.9. The topological polar surface area (TPSA) is 112 Å². The predicted octanol–water partition coefficient (Wildman–Crippen LogP) is 4.11. The molecule has 3 aromatic heterocycles. The molecule has 0 bridgehead atoms. The lowest BCUT2D eigenvalue weighted by molar-refractivity contribution is 0.422. The Morgan fingerprint density at radius 3 is 2.74 bits per heavy atom. The molecule has 2 aromatic carbocycles. The monoisotopic (exact) mass is 413 g/mol. The number of fused-ring (bicyclic) bond motifs is 2. The number of pyridine rings is 1. The van der Waals surface area contributed by atoms with Gasteiger partial charge in [-0.15, -0.1) is 0 Å². The Hall–Kier alpha value is -4.40. The van der Waals surface area contributed by atoms with Gasteiger partial charge in [-0.25, -0.2) is 19.5 Å². The van der Waals surface area contributed by atoms with E-state index >= 15 is 0 Å². The van der Waals surface area contributed by atoms with Crippen LogP contribution in [0.1, 0.15) is 5.56 Å². The van der Waals surface area contributed by atoms with E-state index in [0.717, 1.165) is 33.6 Å². The number of aromatic nitrogens is 5. The van der Waals surface area contributed by atoms with E-state index in [1.165, 1.54) is 12.7 Å². The highest BCUT2D eigenvalue weighted by atomic mass is 16.5. The normalized spacial score (nSPS) is 11.0. The molecule has 0 aliphatic rings. The number of methoxy groups -OCH3 is 1. The highest BCUT2D eigenvalue weighted by Gasteiger charge is 2.13. The first-order chi connectivity index (χ1) is 15.1. The summed E-state index contributed by atoms with van der Waals surface area (Å²) in [6.07, 6.45) is 4.82. The number of nitrogens with one attached hydrogen (secondary N) is 1. The number of benzene rings is 2. The Labute approximate surface area is 177 Å². The summed E-state index contributed by atoms with van der Waals surface area (Å²) in [5, 5.41) is 8.15. The summed E-state index contributed by atoms with van der Waals surface area (Å²) in [4.78, 5) is 12.9. The van der Waals surface area contributed by atoms with E-state index in [1.54, 1.807) is 17.7 Å². The number of ether oxygens (including phenoxy) is 2. The third-order valence-corrected chi connectivity index (χ3v) is 4.91. The van der Waals surface area contributed by atoms with Crippen LogP contribution in [0, 0.1) is 6.92 Å². The minimum Gasteiger partial charge on any atom is -0.494 e. The lowest BCUT2D eigenvalue weighted by atomic mass is 10.1. The number of aryl methyl sites for hydroxylation is 1. The van der Waals surface area contributed by atoms with Crippen molar-refractivity contribution in [2.45, 2.75) is 6.92 Å². The van der Waals surface area contributed by atoms with Gasteiger partial charge >= 0.3 is 0 Å². The molecule has 3 N–H and O–H groups in total. The maximum Gasteiger partial charge on any atom is 0.158 e. The van der Waals surface area contributed by atoms with E-state index in [9.17, 15) is 0 Å². The molecule has 9 heteroatoms. The Morgan fingerprint density at radius 1 is 1.00 bits per heavy atom. The quantitative estimate of drug-likeness (QED) is 0.414. The van der Waals surface area contributed by atoms with Crippen molar-refractivity contribution in [3.63, 3.8) is 0 Å². The van der Waals surface area contributed by atoms with Crippen LogP contribution in [0.2, 0.25) is 0 Å². The Morgan fingerprint density at radius 2 is 1.90 bits per heavy atom. The van der Waals surface area contributed by atoms with Crippen LogP contribution in [-0.2, 0) is 0 Å². The Kier molecular flexibility index (Phi) is 4.47. The predicted molar refractivity (Wildman–Crippen MR) is 118 cm³/mol. The van der Waals surface area contributed by atoms with E-state index in [1.807, 2.05) is 49.5 Å². The van der Waals surface area contributed by atoms with Crippen LogP contribution in [0.3, 0.4) is 0 Å². The van der Waals surface area contributed by atoms with E-state index in [4.69, 9.17) is 15.2 Å². The zero-order valence-corrected chi connectivity index (χ0v) is 16.9. The van der Waals surface area contributed by atoms with Crippen LogP contribution >= 0.6 is 0 Å². The van der Waals surface area contributed by atoms with Crippen LogP contribution in [-0.4, -0.2) is 31.7 Å². The molecule has 3 heterocycles. The van der Waals surface area contributed by atoms with Gasteiger partial charge in [0.1, 0.15) is 30.0 Å². The lowest BCUT2D eigenvalue weighted by Gasteiger charge is -2.14. The number of rotatable bonds is 5. The van der Waals surface area contributed by atoms with Crippen LogP contribution in [0.25, 0.3) is 16.6 Å². The highest BCUT2D eigenvalue weighted by molar-refractivity contribution is 5.99. The molecule has 0 unspecified atom stereocenters. The summed E-state index contributed by atoms with van der Waals surface area (Å²) in [5.41, 5.74) is 9.86. The number of nitrogens with two attached hydrogens (primary N) is 1. The van der Waals surface area contributed by atoms with Crippen LogP contribution < -0.4 is 20.5 Å². The fraction of sp³-hybridized carbons (Fsp3) is 0.0909. The first-order valence-corrected chi connectivity index (χ1v) is 9.54. The first-order valence-electron chi connectivity index (χ1n) is 9.54. The molecule has 154 valence electrons. The van der Waals surface area contributed by atoms with Gasteiger partial charge in [0.25, 0.3) is 0 Å². The summed E-state index contributed by atoms with van der Waals surface area (Å²) in [6.45, 7) is 1.98. The van der Waals surface area contributed by atoms with Gasteiger partial charge in [-0.1, -0.05) is 0 Å². The van der Waals surface area contributed by atoms with Gasteiger partial charge in [0, 0.05) is 18.0 Å². The molecule has 0 aliphatic heterocycles. The van der Waals surface area contributed by atoms with Gasteiger partial charge in [0.2, 0.25) is 0 Å². The molecule has 0 aliphatic carbocycles. The Bertz CT molecular complexity index is 1410. The van der Waals surface area contributed by atoms with Gasteiger partial charge in [-0.05, 0) is 48.9 Å². The summed E-state index contributed by atoms with van der Waals surface area (Å²) >= 11 is 0. The number of anilines is 3. The number of nitrogen functional groups attached to an aromatic ring is 1. The fourth-order valence-electron chi connectivity index (χ4n) is 3.42. The molecule has 0 amide bonds. The van der Waals surface area contributed by atoms with Gasteiger partial charge in [-0.3, -0.25) is 0 Å². The minimum absolute atomic E-state index is 0.525. The van der Waals surface area contributed by atoms with Crippen molar-refractivity contribution in [1.82, 2.24) is 24.6 Å². The lowest BCUT2D eigenvalue weighted by Crippen LogP contribution is -2.00. The second-order valence-electron chi connectivity index (χ2n) is 6.94. The van der Waals surface area contributed by atoms with E-state index < -0.39 is 0 Å². The third kappa shape index (κ3) is 3.42. The van der Waals surface area contributed by atoms with Crippen molar-refractivity contribution in [3.8, 4) is 17.2 Å². The van der Waals surface area contributed by atoms with Gasteiger partial charge in [0.05, 0.1) is 23.7 Å². The first kappa shape index (κ1) is 18.6. The molecular weight excluding hydrogens is 394 g/mol. The van der Waals surface area contributed by atoms with Crippen LogP contribution in [0.4, 0.5) is 17.2 Å². The average molecular weight is 413 g/mol. The van der Waals surface area contributed by atoms with E-state index in [-0.39, 0.29) is 0 Å². The Balaban J connectivity index is 1.45. The fourth-order valence-corrected chi connectivity index (χ4v) is 3.42. The van der Waals surface area contributed by atoms with Gasteiger partial charge in [0.15, 0.2) is 11.4 Å². The SMILES string of the molecule is COc1c(N)ccc2ncnc(Nc3ccc(Oc4ccn5ncnc5c4)c(C)c3)c12. The highest BCUT2D eigenvalue weighted by Crippen LogP contribution is 2.36. The summed E-state index contributed by atoms with van der Waals surface area (Å²) < 4.78 is 13.2. The second-order valence-corrected chi connectivity index (χ2v) is 6.94. The summed E-state index contributed by atoms with van der Waals surface area (Å²) in [6, 6.07) is 13.1. The summed E-state index contributed by atoms with van der Waals surface area (Å²) in [7, 11) is 1.58. The van der Waals surface area contributed by atoms with Crippen molar-refractivity contribution in [3.05, 3.63) is 66.9 Å². The van der Waals surface area contributed by atoms with Crippen molar-refractivity contribution in [2.75, 3.05) is 18.2 Å². The molecule has 0 saturated heterocycles. The van der Waals surface area contributed by atoms with Crippen LogP contribution in [0.5, 0.6) is 17.2 Å². The van der Waals surface area contributed by atoms with Crippen molar-refractivity contribution in [1.29, 1.82) is 0 Å². The van der Waals surface area contributed by atoms with E-state index in [0.29, 0.717) is 23.0 Å². The second kappa shape index (κ2) is 7.45. The molecule has 0 atom stereocenters. The largest absolute Gasteiger partial charge is 0.494 e. The maximum absolute atomic E-state index is 6.07. The molecule has 5 rings (SSSR count). The number of hydrogen-bond acceptors (Lipinski definition) is 8. The molecular formula is C22H19N7O2. The van der Waals surface area contributed by atoms with Crippen molar-refractivity contribution < 1.29 is 9.47 Å². The van der Waals surface area contributed by atoms with Gasteiger partial charge in [-0.2, -0.15) is 5.10 Å². The average Bonchev–Trinajstić information content (AvgIpc) is 3.24. The molecule has 31 heavy (non-hydrogen) atoms. The maximum atomic E-state index is 6.07. The molecule has 9 nitrogen and oxygen atoms in total. The number of nitrogens with zero attached hydrogens (tertiary/aromatic N) is 5. The minimum atomic E-state index is 0.525. The molecule has 0 spiro atoms. The molecule has 0 fully saturated rings. The molecule has 5 aromatic rings. The van der Waals surface area contributed by atoms with Crippen molar-refractivity contribution in [2.24, 2.45) is 0 Å². The molecule has 0 radical (unpaired) electrons. The molecule has 0 saturated carbocycles. The summed E-state index contributed by atoms with van der Waals surface area (Å²) in [5.74, 6) is 2.58. The van der Waals surface area contributed by atoms with Crippen molar-refractivity contribution >= 4 is 33.7 Å². The van der Waals surface area contributed by atoms with Crippen LogP contribution in [0.15, 0.2) is 61.3 Å². The zero-order chi connectivity index (χ0) is 21.4. The standard InChI is InChI=1S/C22H19N7O2/c1-13-9-14(3-6-18(13)31-15-7-8-29-19(10-15)25-12-27-29)28-22-20-17(24-11-26-22)5-4-16(23)21(20)30-2/h3-12H,23H2,1-2H3,(H,24,26,28). The smallest absolute Gasteiger partial charge is 0.158 e. The van der Waals surface area contributed by atoms with Gasteiger partial charge < -0.3 is 20.5 Å². The third-order valence-electron chi connectivity index (χ3n) is 4.91.